The number of imidazole rings is 2. The van der Waals surface area contributed by atoms with Gasteiger partial charge in [0, 0.05) is 24.8 Å². The topological polar surface area (TPSA) is 42.1 Å². The lowest BCUT2D eigenvalue weighted by Crippen LogP contribution is -2.41. The van der Waals surface area contributed by atoms with E-state index in [1.807, 2.05) is 24.8 Å². The second-order valence-electron chi connectivity index (χ2n) is 5.06. The van der Waals surface area contributed by atoms with Crippen LogP contribution in [0.3, 0.4) is 0 Å². The van der Waals surface area contributed by atoms with Crippen LogP contribution in [0.1, 0.15) is 24.0 Å². The number of aromatic nitrogens is 4. The predicted molar refractivity (Wildman–Crippen MR) is 68.1 cm³/mol. The second-order valence-corrected chi connectivity index (χ2v) is 5.06. The van der Waals surface area contributed by atoms with Gasteiger partial charge in [0.15, 0.2) is 0 Å². The molecule has 2 aromatic heterocycles. The summed E-state index contributed by atoms with van der Waals surface area (Å²) in [7, 11) is 8.24. The van der Waals surface area contributed by atoms with Crippen LogP contribution in [-0.4, -0.2) is 57.1 Å². The summed E-state index contributed by atoms with van der Waals surface area (Å²) in [5.41, 5.74) is 0. The van der Waals surface area contributed by atoms with Crippen LogP contribution in [0.25, 0.3) is 0 Å². The largest absolute Gasteiger partial charge is 0.308 e. The van der Waals surface area contributed by atoms with E-state index in [1.165, 1.54) is 0 Å². The molecule has 0 aromatic carbocycles. The highest BCUT2D eigenvalue weighted by atomic mass is 15.4. The Bertz CT molecular complexity index is 465. The van der Waals surface area contributed by atoms with E-state index in [1.54, 1.807) is 0 Å². The van der Waals surface area contributed by atoms with E-state index in [-0.39, 0.29) is 12.3 Å². The molecule has 18 heavy (non-hydrogen) atoms. The van der Waals surface area contributed by atoms with Crippen LogP contribution in [0.15, 0.2) is 24.8 Å². The summed E-state index contributed by atoms with van der Waals surface area (Å²) in [6.45, 7) is 0. The molecule has 0 fully saturated rings. The number of hydrogen-bond donors (Lipinski definition) is 0. The molecule has 3 heterocycles. The lowest BCUT2D eigenvalue weighted by molar-refractivity contribution is 0.158. The molecule has 0 saturated carbocycles. The van der Waals surface area contributed by atoms with E-state index >= 15 is 0 Å². The van der Waals surface area contributed by atoms with Crippen molar-refractivity contribution in [2.45, 2.75) is 12.3 Å². The summed E-state index contributed by atoms with van der Waals surface area (Å²) in [5, 5.41) is 0. The number of fused-ring (bicyclic) bond motifs is 2. The predicted octanol–water partition coefficient (Wildman–Crippen LogP) is 0.610. The molecule has 6 nitrogen and oxygen atoms in total. The molecule has 0 amide bonds. The Balaban J connectivity index is 2.22. The maximum atomic E-state index is 4.52. The summed E-state index contributed by atoms with van der Waals surface area (Å²) in [5.74, 6) is 2.09. The maximum absolute atomic E-state index is 4.52. The van der Waals surface area contributed by atoms with Crippen molar-refractivity contribution in [3.05, 3.63) is 36.4 Å². The molecule has 3 rings (SSSR count). The fraction of sp³-hybridized carbons (Fsp3) is 0.500. The summed E-state index contributed by atoms with van der Waals surface area (Å²) in [6, 6.07) is 0. The average molecular weight is 246 g/mol. The van der Waals surface area contributed by atoms with Gasteiger partial charge in [-0.1, -0.05) is 0 Å². The van der Waals surface area contributed by atoms with Crippen LogP contribution in [-0.2, 0) is 0 Å². The number of hydrogen-bond acceptors (Lipinski definition) is 4. The van der Waals surface area contributed by atoms with Crippen molar-refractivity contribution >= 4 is 0 Å². The average Bonchev–Trinajstić information content (AvgIpc) is 2.91. The van der Waals surface area contributed by atoms with E-state index in [9.17, 15) is 0 Å². The van der Waals surface area contributed by atoms with Gasteiger partial charge in [-0.2, -0.15) is 0 Å². The fourth-order valence-electron chi connectivity index (χ4n) is 2.67. The normalized spacial score (nSPS) is 22.3. The number of nitrogens with zero attached hydrogens (tertiary/aromatic N) is 6. The van der Waals surface area contributed by atoms with Gasteiger partial charge in [0.05, 0.1) is 0 Å². The smallest absolute Gasteiger partial charge is 0.148 e. The van der Waals surface area contributed by atoms with Crippen LogP contribution in [0.5, 0.6) is 0 Å². The molecule has 0 saturated heterocycles. The number of rotatable bonds is 2. The summed E-state index contributed by atoms with van der Waals surface area (Å²) in [4.78, 5) is 13.3. The highest BCUT2D eigenvalue weighted by Gasteiger charge is 2.35. The Hall–Kier alpha value is -1.66. The van der Waals surface area contributed by atoms with Gasteiger partial charge in [0.1, 0.15) is 24.0 Å². The van der Waals surface area contributed by atoms with Crippen molar-refractivity contribution in [3.63, 3.8) is 0 Å². The van der Waals surface area contributed by atoms with E-state index in [2.05, 4.69) is 57.1 Å². The van der Waals surface area contributed by atoms with Crippen LogP contribution in [0, 0.1) is 0 Å². The highest BCUT2D eigenvalue weighted by Crippen LogP contribution is 2.33. The van der Waals surface area contributed by atoms with Crippen LogP contribution < -0.4 is 0 Å². The molecule has 0 spiro atoms. The van der Waals surface area contributed by atoms with Gasteiger partial charge in [0.25, 0.3) is 0 Å². The first-order chi connectivity index (χ1) is 8.61. The molecule has 96 valence electrons. The Morgan fingerprint density at radius 1 is 0.833 bits per heavy atom. The molecule has 6 heteroatoms. The molecule has 2 atom stereocenters. The molecule has 0 N–H and O–H groups in total. The van der Waals surface area contributed by atoms with Crippen LogP contribution in [0.4, 0.5) is 0 Å². The summed E-state index contributed by atoms with van der Waals surface area (Å²) in [6.07, 6.45) is 7.97. The minimum Gasteiger partial charge on any atom is -0.308 e. The van der Waals surface area contributed by atoms with Gasteiger partial charge < -0.3 is 9.13 Å². The van der Waals surface area contributed by atoms with Crippen LogP contribution in [0.2, 0.25) is 0 Å². The molecule has 0 radical (unpaired) electrons. The van der Waals surface area contributed by atoms with E-state index in [0.29, 0.717) is 0 Å². The van der Waals surface area contributed by atoms with Crippen molar-refractivity contribution in [2.75, 3.05) is 28.2 Å². The van der Waals surface area contributed by atoms with Crippen molar-refractivity contribution in [3.8, 4) is 0 Å². The van der Waals surface area contributed by atoms with Crippen molar-refractivity contribution in [1.29, 1.82) is 0 Å². The first-order valence-electron chi connectivity index (χ1n) is 5.99. The SMILES string of the molecule is CN(C)[C@H]1c2nccn2[C@H](N(C)C)c2nccn21. The first-order valence-corrected chi connectivity index (χ1v) is 5.99. The first kappa shape index (κ1) is 11.4. The maximum Gasteiger partial charge on any atom is 0.148 e. The molecule has 0 aliphatic carbocycles. The highest BCUT2D eigenvalue weighted by molar-refractivity contribution is 5.16. The third kappa shape index (κ3) is 1.42. The lowest BCUT2D eigenvalue weighted by Gasteiger charge is -2.37. The Labute approximate surface area is 106 Å². The van der Waals surface area contributed by atoms with Gasteiger partial charge in [0.2, 0.25) is 0 Å². The zero-order chi connectivity index (χ0) is 12.9. The summed E-state index contributed by atoms with van der Waals surface area (Å²) >= 11 is 0. The van der Waals surface area contributed by atoms with E-state index < -0.39 is 0 Å². The minimum atomic E-state index is 0.105. The minimum absolute atomic E-state index is 0.105. The molecule has 1 aliphatic heterocycles. The van der Waals surface area contributed by atoms with Crippen LogP contribution >= 0.6 is 0 Å². The third-order valence-electron chi connectivity index (χ3n) is 3.36. The zero-order valence-corrected chi connectivity index (χ0v) is 11.1. The Kier molecular flexibility index (Phi) is 2.49. The molecule has 2 aromatic rings. The molecular formula is C12H18N6. The zero-order valence-electron chi connectivity index (χ0n) is 11.1. The molecule has 0 unspecified atom stereocenters. The fourth-order valence-corrected chi connectivity index (χ4v) is 2.67. The quantitative estimate of drug-likeness (QED) is 0.778. The summed E-state index contributed by atoms with van der Waals surface area (Å²) < 4.78 is 4.38. The van der Waals surface area contributed by atoms with Crippen molar-refractivity contribution in [2.24, 2.45) is 0 Å². The standard InChI is InChI=1S/C12H18N6/c1-15(2)11-9-13-6-8-18(9)12(16(3)4)10-14-5-7-17(10)11/h5-8,11-12H,1-4H3/t11-,12+. The van der Waals surface area contributed by atoms with Gasteiger partial charge in [-0.3, -0.25) is 9.80 Å². The Morgan fingerprint density at radius 3 is 1.56 bits per heavy atom. The van der Waals surface area contributed by atoms with Crippen molar-refractivity contribution in [1.82, 2.24) is 28.9 Å². The van der Waals surface area contributed by atoms with Crippen molar-refractivity contribution < 1.29 is 0 Å². The van der Waals surface area contributed by atoms with Gasteiger partial charge in [-0.25, -0.2) is 9.97 Å². The van der Waals surface area contributed by atoms with Gasteiger partial charge in [-0.15, -0.1) is 0 Å². The molecule has 1 aliphatic rings. The third-order valence-corrected chi connectivity index (χ3v) is 3.36. The van der Waals surface area contributed by atoms with E-state index in [0.717, 1.165) is 11.6 Å². The van der Waals surface area contributed by atoms with E-state index in [4.69, 9.17) is 0 Å². The monoisotopic (exact) mass is 246 g/mol. The Morgan fingerprint density at radius 2 is 1.22 bits per heavy atom. The van der Waals surface area contributed by atoms with Gasteiger partial charge >= 0.3 is 0 Å². The molecular weight excluding hydrogens is 228 g/mol. The van der Waals surface area contributed by atoms with Gasteiger partial charge in [-0.05, 0) is 28.2 Å². The lowest BCUT2D eigenvalue weighted by atomic mass is 10.2. The second kappa shape index (κ2) is 3.93. The molecule has 0 bridgehead atoms.